The Labute approximate surface area is 94.3 Å². The standard InChI is InChI=1S/C12H17F2NO/c1-3-9(4-2)15-7-8-5-10(13)12(16)11(14)6-8/h5-6,9,15-16H,3-4,7H2,1-2H3. The summed E-state index contributed by atoms with van der Waals surface area (Å²) < 4.78 is 26.0. The van der Waals surface area contributed by atoms with Crippen molar-refractivity contribution in [3.63, 3.8) is 0 Å². The number of rotatable bonds is 5. The van der Waals surface area contributed by atoms with Gasteiger partial charge in [0.25, 0.3) is 0 Å². The number of halogens is 2. The number of benzene rings is 1. The maximum absolute atomic E-state index is 13.0. The minimum absolute atomic E-state index is 0.347. The van der Waals surface area contributed by atoms with E-state index in [0.29, 0.717) is 18.2 Å². The third-order valence-corrected chi connectivity index (χ3v) is 2.66. The number of hydrogen-bond donors (Lipinski definition) is 2. The molecule has 0 aliphatic heterocycles. The SMILES string of the molecule is CCC(CC)NCc1cc(F)c(O)c(F)c1. The lowest BCUT2D eigenvalue weighted by Crippen LogP contribution is -2.27. The lowest BCUT2D eigenvalue weighted by atomic mass is 10.1. The van der Waals surface area contributed by atoms with Gasteiger partial charge in [-0.15, -0.1) is 0 Å². The first kappa shape index (κ1) is 12.9. The van der Waals surface area contributed by atoms with Gasteiger partial charge in [0.15, 0.2) is 17.4 Å². The summed E-state index contributed by atoms with van der Waals surface area (Å²) in [6.45, 7) is 4.51. The molecule has 0 amide bonds. The summed E-state index contributed by atoms with van der Waals surface area (Å²) in [6, 6.07) is 2.64. The molecule has 0 aromatic heterocycles. The fourth-order valence-corrected chi connectivity index (χ4v) is 1.56. The summed E-state index contributed by atoms with van der Waals surface area (Å²) in [6.07, 6.45) is 1.94. The van der Waals surface area contributed by atoms with Crippen LogP contribution in [0.15, 0.2) is 12.1 Å². The quantitative estimate of drug-likeness (QED) is 0.813. The van der Waals surface area contributed by atoms with E-state index < -0.39 is 17.4 Å². The predicted molar refractivity (Wildman–Crippen MR) is 59.2 cm³/mol. The molecule has 2 nitrogen and oxygen atoms in total. The maximum atomic E-state index is 13.0. The summed E-state index contributed by atoms with van der Waals surface area (Å²) in [5, 5.41) is 12.1. The molecule has 1 rings (SSSR count). The highest BCUT2D eigenvalue weighted by Crippen LogP contribution is 2.21. The molecule has 0 bridgehead atoms. The van der Waals surface area contributed by atoms with Crippen LogP contribution in [0.1, 0.15) is 32.3 Å². The molecule has 0 fully saturated rings. The molecule has 0 heterocycles. The molecule has 2 N–H and O–H groups in total. The molecule has 0 unspecified atom stereocenters. The fraction of sp³-hybridized carbons (Fsp3) is 0.500. The average Bonchev–Trinajstić information content (AvgIpc) is 2.27. The molecule has 0 saturated carbocycles. The minimum Gasteiger partial charge on any atom is -0.503 e. The van der Waals surface area contributed by atoms with Gasteiger partial charge in [-0.2, -0.15) is 0 Å². The summed E-state index contributed by atoms with van der Waals surface area (Å²) in [5.74, 6) is -2.74. The zero-order valence-corrected chi connectivity index (χ0v) is 9.56. The summed E-state index contributed by atoms with van der Waals surface area (Å²) >= 11 is 0. The summed E-state index contributed by atoms with van der Waals surface area (Å²) in [7, 11) is 0. The molecule has 0 aliphatic carbocycles. The van der Waals surface area contributed by atoms with Crippen LogP contribution in [0.5, 0.6) is 5.75 Å². The summed E-state index contributed by atoms with van der Waals surface area (Å²) in [4.78, 5) is 0. The van der Waals surface area contributed by atoms with E-state index in [2.05, 4.69) is 19.2 Å². The van der Waals surface area contributed by atoms with Crippen molar-refractivity contribution in [3.05, 3.63) is 29.3 Å². The maximum Gasteiger partial charge on any atom is 0.187 e. The number of nitrogens with one attached hydrogen (secondary N) is 1. The highest BCUT2D eigenvalue weighted by Gasteiger charge is 2.10. The first-order chi connectivity index (χ1) is 7.58. The van der Waals surface area contributed by atoms with Gasteiger partial charge in [-0.1, -0.05) is 13.8 Å². The Bertz CT molecular complexity index is 328. The smallest absolute Gasteiger partial charge is 0.187 e. The second-order valence-electron chi connectivity index (χ2n) is 3.80. The molecule has 4 heteroatoms. The Hall–Kier alpha value is -1.16. The molecule has 1 aromatic rings. The molecular formula is C12H17F2NO. The van der Waals surface area contributed by atoms with Crippen LogP contribution in [-0.2, 0) is 6.54 Å². The van der Waals surface area contributed by atoms with Crippen LogP contribution in [0.3, 0.4) is 0 Å². The predicted octanol–water partition coefficient (Wildman–Crippen LogP) is 2.95. The van der Waals surface area contributed by atoms with E-state index in [4.69, 9.17) is 5.11 Å². The van der Waals surface area contributed by atoms with Crippen molar-refractivity contribution < 1.29 is 13.9 Å². The van der Waals surface area contributed by atoms with Crippen molar-refractivity contribution >= 4 is 0 Å². The van der Waals surface area contributed by atoms with Gasteiger partial charge in [0.05, 0.1) is 0 Å². The Balaban J connectivity index is 2.68. The van der Waals surface area contributed by atoms with Gasteiger partial charge >= 0.3 is 0 Å². The van der Waals surface area contributed by atoms with Crippen molar-refractivity contribution in [1.82, 2.24) is 5.32 Å². The van der Waals surface area contributed by atoms with E-state index in [-0.39, 0.29) is 0 Å². The van der Waals surface area contributed by atoms with Crippen molar-refractivity contribution in [1.29, 1.82) is 0 Å². The lowest BCUT2D eigenvalue weighted by Gasteiger charge is -2.14. The highest BCUT2D eigenvalue weighted by molar-refractivity contribution is 5.29. The van der Waals surface area contributed by atoms with Crippen molar-refractivity contribution in [3.8, 4) is 5.75 Å². The van der Waals surface area contributed by atoms with Crippen LogP contribution in [0, 0.1) is 11.6 Å². The van der Waals surface area contributed by atoms with Crippen LogP contribution < -0.4 is 5.32 Å². The topological polar surface area (TPSA) is 32.3 Å². The zero-order valence-electron chi connectivity index (χ0n) is 9.56. The Morgan fingerprint density at radius 1 is 1.19 bits per heavy atom. The molecule has 0 aliphatic rings. The molecule has 0 atom stereocenters. The van der Waals surface area contributed by atoms with Gasteiger partial charge in [0.1, 0.15) is 0 Å². The van der Waals surface area contributed by atoms with E-state index >= 15 is 0 Å². The second-order valence-corrected chi connectivity index (χ2v) is 3.80. The fourth-order valence-electron chi connectivity index (χ4n) is 1.56. The van der Waals surface area contributed by atoms with Gasteiger partial charge in [-0.3, -0.25) is 0 Å². The number of hydrogen-bond acceptors (Lipinski definition) is 2. The Morgan fingerprint density at radius 2 is 1.69 bits per heavy atom. The first-order valence-electron chi connectivity index (χ1n) is 5.48. The lowest BCUT2D eigenvalue weighted by molar-refractivity contribution is 0.394. The van der Waals surface area contributed by atoms with E-state index in [1.165, 1.54) is 0 Å². The average molecular weight is 229 g/mol. The number of phenolic OH excluding ortho intramolecular Hbond substituents is 1. The normalized spacial score (nSPS) is 11.1. The van der Waals surface area contributed by atoms with Crippen LogP contribution >= 0.6 is 0 Å². The van der Waals surface area contributed by atoms with Gasteiger partial charge in [0, 0.05) is 12.6 Å². The van der Waals surface area contributed by atoms with Gasteiger partial charge in [-0.25, -0.2) is 8.78 Å². The number of aromatic hydroxyl groups is 1. The molecule has 1 aromatic carbocycles. The second kappa shape index (κ2) is 5.80. The molecule has 0 spiro atoms. The molecule has 90 valence electrons. The number of phenols is 1. The van der Waals surface area contributed by atoms with E-state index in [1.807, 2.05) is 0 Å². The van der Waals surface area contributed by atoms with Crippen LogP contribution in [-0.4, -0.2) is 11.1 Å². The summed E-state index contributed by atoms with van der Waals surface area (Å²) in [5.41, 5.74) is 0.500. The third-order valence-electron chi connectivity index (χ3n) is 2.66. The van der Waals surface area contributed by atoms with Crippen LogP contribution in [0.25, 0.3) is 0 Å². The minimum atomic E-state index is -0.915. The van der Waals surface area contributed by atoms with Gasteiger partial charge in [-0.05, 0) is 30.5 Å². The van der Waals surface area contributed by atoms with E-state index in [9.17, 15) is 8.78 Å². The van der Waals surface area contributed by atoms with Gasteiger partial charge in [0.2, 0.25) is 0 Å². The van der Waals surface area contributed by atoms with Crippen LogP contribution in [0.2, 0.25) is 0 Å². The van der Waals surface area contributed by atoms with E-state index in [0.717, 1.165) is 25.0 Å². The molecule has 0 saturated heterocycles. The van der Waals surface area contributed by atoms with Crippen molar-refractivity contribution in [2.24, 2.45) is 0 Å². The molecule has 0 radical (unpaired) electrons. The van der Waals surface area contributed by atoms with Crippen LogP contribution in [0.4, 0.5) is 8.78 Å². The zero-order chi connectivity index (χ0) is 12.1. The van der Waals surface area contributed by atoms with Crippen molar-refractivity contribution in [2.75, 3.05) is 0 Å². The molecule has 16 heavy (non-hydrogen) atoms. The Kier molecular flexibility index (Phi) is 4.68. The highest BCUT2D eigenvalue weighted by atomic mass is 19.1. The van der Waals surface area contributed by atoms with E-state index in [1.54, 1.807) is 0 Å². The third kappa shape index (κ3) is 3.17. The first-order valence-corrected chi connectivity index (χ1v) is 5.48. The Morgan fingerprint density at radius 3 is 2.12 bits per heavy atom. The van der Waals surface area contributed by atoms with Gasteiger partial charge < -0.3 is 10.4 Å². The largest absolute Gasteiger partial charge is 0.503 e. The van der Waals surface area contributed by atoms with Crippen molar-refractivity contribution in [2.45, 2.75) is 39.3 Å². The molecular weight excluding hydrogens is 212 g/mol. The monoisotopic (exact) mass is 229 g/mol.